The Hall–Kier alpha value is -4.40. The number of hydrogen-bond acceptors (Lipinski definition) is 8. The van der Waals surface area contributed by atoms with E-state index in [1.54, 1.807) is 34.8 Å². The average molecular weight is 775 g/mol. The van der Waals surface area contributed by atoms with E-state index < -0.39 is 11.9 Å². The van der Waals surface area contributed by atoms with Gasteiger partial charge in [-0.3, -0.25) is 9.59 Å². The zero-order valence-corrected chi connectivity index (χ0v) is 33.6. The minimum Gasteiger partial charge on any atom is -0.454 e. The highest BCUT2D eigenvalue weighted by Gasteiger charge is 2.43. The molecule has 0 spiro atoms. The van der Waals surface area contributed by atoms with Gasteiger partial charge in [0.15, 0.2) is 13.2 Å². The number of ketones is 2. The molecule has 286 valence electrons. The lowest BCUT2D eigenvalue weighted by Gasteiger charge is -2.33. The van der Waals surface area contributed by atoms with Crippen molar-refractivity contribution in [3.8, 4) is 32.0 Å². The van der Waals surface area contributed by atoms with Gasteiger partial charge >= 0.3 is 11.9 Å². The van der Waals surface area contributed by atoms with Crippen molar-refractivity contribution in [2.24, 2.45) is 0 Å². The van der Waals surface area contributed by atoms with Crippen molar-refractivity contribution < 1.29 is 28.7 Å². The van der Waals surface area contributed by atoms with Gasteiger partial charge in [-0.25, -0.2) is 9.59 Å². The summed E-state index contributed by atoms with van der Waals surface area (Å²) >= 11 is 3.18. The van der Waals surface area contributed by atoms with Crippen molar-refractivity contribution in [3.05, 3.63) is 92.7 Å². The molecule has 0 bridgehead atoms. The smallest absolute Gasteiger partial charge is 0.342 e. The van der Waals surface area contributed by atoms with Gasteiger partial charge in [0.05, 0.1) is 0 Å². The van der Waals surface area contributed by atoms with Gasteiger partial charge in [-0.2, -0.15) is 0 Å². The molecule has 0 N–H and O–H groups in total. The van der Waals surface area contributed by atoms with Crippen LogP contribution in [0.2, 0.25) is 0 Å². The molecular formula is C47H50O6S2. The molecular weight excluding hydrogens is 725 g/mol. The van der Waals surface area contributed by atoms with Crippen LogP contribution < -0.4 is 0 Å². The van der Waals surface area contributed by atoms with Crippen LogP contribution in [-0.4, -0.2) is 36.7 Å². The molecule has 7 rings (SSSR count). The maximum Gasteiger partial charge on any atom is 0.342 e. The maximum atomic E-state index is 12.3. The molecule has 55 heavy (non-hydrogen) atoms. The average Bonchev–Trinajstić information content (AvgIpc) is 4.03. The number of Topliss-reactive ketones (excluding diaryl/α,β-unsaturated/α-hetero) is 2. The molecule has 0 amide bonds. The van der Waals surface area contributed by atoms with Gasteiger partial charge in [0, 0.05) is 24.9 Å². The van der Waals surface area contributed by atoms with Crippen LogP contribution >= 0.6 is 22.7 Å². The zero-order chi connectivity index (χ0) is 38.4. The number of rotatable bonds is 18. The van der Waals surface area contributed by atoms with Gasteiger partial charge in [-0.1, -0.05) is 115 Å². The van der Waals surface area contributed by atoms with Crippen LogP contribution in [0.4, 0.5) is 0 Å². The standard InChI is InChI=1S/C47H50O6S2/c1-3-5-7-9-11-13-23-47(24-14-12-10-8-6-4-2)39-25-31(43-21-17-33(54-43)27-37-41(48)29-52-45(37)50)15-19-35(39)36-20-16-32(26-40(36)47)44-22-18-34(55-44)28-38-42(49)30-53-46(38)51/h15-22,25-28H,3-14,23-24,29-30H2,1-2H3/b37-27-,38-28-. The van der Waals surface area contributed by atoms with Crippen molar-refractivity contribution in [2.45, 2.75) is 109 Å². The van der Waals surface area contributed by atoms with E-state index in [9.17, 15) is 19.2 Å². The van der Waals surface area contributed by atoms with Crippen LogP contribution in [0.15, 0.2) is 71.8 Å². The fourth-order valence-electron chi connectivity index (χ4n) is 8.41. The Morgan fingerprint density at radius 2 is 0.964 bits per heavy atom. The van der Waals surface area contributed by atoms with Gasteiger partial charge in [0.25, 0.3) is 0 Å². The summed E-state index contributed by atoms with van der Waals surface area (Å²) in [6.07, 6.45) is 20.4. The number of esters is 2. The number of hydrogen-bond donors (Lipinski definition) is 0. The van der Waals surface area contributed by atoms with Crippen LogP contribution in [0.25, 0.3) is 44.2 Å². The number of fused-ring (bicyclic) bond motifs is 3. The molecule has 0 radical (unpaired) electrons. The Morgan fingerprint density at radius 1 is 0.545 bits per heavy atom. The van der Waals surface area contributed by atoms with Crippen LogP contribution in [0.3, 0.4) is 0 Å². The van der Waals surface area contributed by atoms with Crippen LogP contribution in [0.1, 0.15) is 125 Å². The second kappa shape index (κ2) is 17.6. The van der Waals surface area contributed by atoms with E-state index in [1.807, 2.05) is 12.1 Å². The first-order chi connectivity index (χ1) is 26.8. The third kappa shape index (κ3) is 8.41. The van der Waals surface area contributed by atoms with Crippen molar-refractivity contribution in [1.29, 1.82) is 0 Å². The SMILES string of the molecule is CCCCCCCCC1(CCCCCCCC)c2cc(-c3ccc(/C=C4/C(=O)COC4=O)s3)ccc2-c2ccc(-c3ccc(/C=C4/C(=O)COC4=O)s3)cc21. The van der Waals surface area contributed by atoms with E-state index in [4.69, 9.17) is 9.47 Å². The first kappa shape index (κ1) is 38.9. The van der Waals surface area contributed by atoms with Crippen molar-refractivity contribution >= 4 is 58.3 Å². The van der Waals surface area contributed by atoms with E-state index in [2.05, 4.69) is 62.4 Å². The Kier molecular flexibility index (Phi) is 12.4. The highest BCUT2D eigenvalue weighted by molar-refractivity contribution is 7.16. The van der Waals surface area contributed by atoms with E-state index in [-0.39, 0.29) is 41.3 Å². The predicted molar refractivity (Wildman–Crippen MR) is 223 cm³/mol. The fourth-order valence-corrected chi connectivity index (χ4v) is 10.3. The molecule has 0 unspecified atom stereocenters. The molecule has 2 aromatic carbocycles. The molecule has 2 saturated heterocycles. The molecule has 4 heterocycles. The van der Waals surface area contributed by atoms with E-state index in [0.29, 0.717) is 0 Å². The summed E-state index contributed by atoms with van der Waals surface area (Å²) in [6, 6.07) is 22.0. The first-order valence-electron chi connectivity index (χ1n) is 20.1. The number of cyclic esters (lactones) is 2. The lowest BCUT2D eigenvalue weighted by molar-refractivity contribution is -0.136. The van der Waals surface area contributed by atoms with Crippen LogP contribution in [0.5, 0.6) is 0 Å². The first-order valence-corrected chi connectivity index (χ1v) is 21.8. The summed E-state index contributed by atoms with van der Waals surface area (Å²) in [5, 5.41) is 0. The second-order valence-corrected chi connectivity index (χ2v) is 17.4. The molecule has 6 nitrogen and oxygen atoms in total. The highest BCUT2D eigenvalue weighted by Crippen LogP contribution is 2.56. The topological polar surface area (TPSA) is 86.7 Å². The zero-order valence-electron chi connectivity index (χ0n) is 32.0. The summed E-state index contributed by atoms with van der Waals surface area (Å²) < 4.78 is 9.91. The van der Waals surface area contributed by atoms with E-state index in [1.165, 1.54) is 86.5 Å². The lowest BCUT2D eigenvalue weighted by Crippen LogP contribution is -2.25. The number of unbranched alkanes of at least 4 members (excludes halogenated alkanes) is 10. The maximum absolute atomic E-state index is 12.3. The molecule has 2 aromatic heterocycles. The molecule has 8 heteroatoms. The molecule has 1 aliphatic carbocycles. The molecule has 0 saturated carbocycles. The van der Waals surface area contributed by atoms with E-state index >= 15 is 0 Å². The summed E-state index contributed by atoms with van der Waals surface area (Å²) in [5.41, 5.74) is 7.79. The minimum absolute atomic E-state index is 0.120. The molecule has 0 atom stereocenters. The van der Waals surface area contributed by atoms with Crippen LogP contribution in [-0.2, 0) is 34.1 Å². The summed E-state index contributed by atoms with van der Waals surface area (Å²) in [5.74, 6) is -1.64. The van der Waals surface area contributed by atoms with Crippen molar-refractivity contribution in [1.82, 2.24) is 0 Å². The van der Waals surface area contributed by atoms with Gasteiger partial charge in [0.2, 0.25) is 11.6 Å². The third-order valence-corrected chi connectivity index (χ3v) is 13.5. The van der Waals surface area contributed by atoms with Gasteiger partial charge < -0.3 is 9.47 Å². The lowest BCUT2D eigenvalue weighted by atomic mass is 9.70. The Bertz CT molecular complexity index is 1960. The Labute approximate surface area is 332 Å². The molecule has 3 aliphatic rings. The number of carbonyl (C=O) groups is 4. The Balaban J connectivity index is 1.27. The van der Waals surface area contributed by atoms with Gasteiger partial charge in [0.1, 0.15) is 11.1 Å². The summed E-state index contributed by atoms with van der Waals surface area (Å²) in [6.45, 7) is 4.17. The molecule has 4 aromatic rings. The van der Waals surface area contributed by atoms with Crippen LogP contribution in [0, 0.1) is 0 Å². The number of benzene rings is 2. The largest absolute Gasteiger partial charge is 0.454 e. The number of ether oxygens (including phenoxy) is 2. The quantitative estimate of drug-likeness (QED) is 0.0433. The van der Waals surface area contributed by atoms with Gasteiger partial charge in [-0.15, -0.1) is 22.7 Å². The normalized spacial score (nSPS) is 17.3. The fraction of sp³-hybridized carbons (Fsp3) is 0.404. The summed E-state index contributed by atoms with van der Waals surface area (Å²) in [7, 11) is 0. The minimum atomic E-state index is -0.548. The molecule has 2 aliphatic heterocycles. The highest BCUT2D eigenvalue weighted by atomic mass is 32.1. The van der Waals surface area contributed by atoms with Crippen molar-refractivity contribution in [2.75, 3.05) is 13.2 Å². The molecule has 2 fully saturated rings. The number of carbonyl (C=O) groups excluding carboxylic acids is 4. The van der Waals surface area contributed by atoms with E-state index in [0.717, 1.165) is 56.3 Å². The predicted octanol–water partition coefficient (Wildman–Crippen LogP) is 11.9. The van der Waals surface area contributed by atoms with Gasteiger partial charge in [-0.05, 0) is 94.8 Å². The third-order valence-electron chi connectivity index (χ3n) is 11.4. The number of thiophene rings is 2. The van der Waals surface area contributed by atoms with Crippen molar-refractivity contribution in [3.63, 3.8) is 0 Å². The Morgan fingerprint density at radius 3 is 1.36 bits per heavy atom. The summed E-state index contributed by atoms with van der Waals surface area (Å²) in [4.78, 5) is 52.8. The second-order valence-electron chi connectivity index (χ2n) is 15.2. The monoisotopic (exact) mass is 774 g/mol.